The fourth-order valence-corrected chi connectivity index (χ4v) is 4.19. The summed E-state index contributed by atoms with van der Waals surface area (Å²) in [6, 6.07) is 20.1. The molecule has 0 radical (unpaired) electrons. The van der Waals surface area contributed by atoms with Crippen LogP contribution in [0, 0.1) is 0 Å². The molecule has 3 rings (SSSR count). The second kappa shape index (κ2) is 6.73. The number of hydrogen-bond donors (Lipinski definition) is 1. The van der Waals surface area contributed by atoms with Crippen molar-refractivity contribution in [2.75, 3.05) is 7.05 Å². The molecule has 108 valence electrons. The van der Waals surface area contributed by atoms with Crippen LogP contribution in [0.5, 0.6) is 0 Å². The second-order valence-corrected chi connectivity index (χ2v) is 7.83. The molecular formula is C18H18BrNS. The van der Waals surface area contributed by atoms with E-state index in [1.807, 2.05) is 18.4 Å². The van der Waals surface area contributed by atoms with Gasteiger partial charge in [0.2, 0.25) is 0 Å². The first-order chi connectivity index (χ1) is 10.2. The highest BCUT2D eigenvalue weighted by Gasteiger charge is 2.10. The van der Waals surface area contributed by atoms with Crippen molar-refractivity contribution < 1.29 is 0 Å². The topological polar surface area (TPSA) is 12.0 Å². The van der Waals surface area contributed by atoms with Crippen LogP contribution in [0.15, 0.2) is 58.4 Å². The maximum Gasteiger partial charge on any atom is 0.0701 e. The van der Waals surface area contributed by atoms with Gasteiger partial charge < -0.3 is 5.32 Å². The summed E-state index contributed by atoms with van der Waals surface area (Å²) in [5.41, 5.74) is 1.39. The van der Waals surface area contributed by atoms with Crippen LogP contribution >= 0.6 is 27.3 Å². The average Bonchev–Trinajstić information content (AvgIpc) is 2.91. The Morgan fingerprint density at radius 3 is 2.52 bits per heavy atom. The number of likely N-dealkylation sites (N-methyl/N-ethyl adjacent to an activating group) is 1. The van der Waals surface area contributed by atoms with Crippen molar-refractivity contribution in [2.45, 2.75) is 18.9 Å². The molecule has 0 saturated heterocycles. The van der Waals surface area contributed by atoms with Crippen LogP contribution in [-0.4, -0.2) is 13.1 Å². The van der Waals surface area contributed by atoms with Crippen molar-refractivity contribution in [3.63, 3.8) is 0 Å². The Morgan fingerprint density at radius 2 is 1.81 bits per heavy atom. The molecule has 0 bridgehead atoms. The van der Waals surface area contributed by atoms with E-state index in [4.69, 9.17) is 0 Å². The van der Waals surface area contributed by atoms with Gasteiger partial charge in [-0.1, -0.05) is 42.5 Å². The predicted molar refractivity (Wildman–Crippen MR) is 96.2 cm³/mol. The monoisotopic (exact) mass is 359 g/mol. The lowest BCUT2D eigenvalue weighted by Crippen LogP contribution is -2.29. The standard InChI is InChI=1S/C18H18BrNS/c1-20-16(12-17-8-9-18(19)21-17)11-13-6-7-14-4-2-3-5-15(14)10-13/h2-10,16,20H,11-12H2,1H3. The van der Waals surface area contributed by atoms with Gasteiger partial charge in [0, 0.05) is 10.9 Å². The van der Waals surface area contributed by atoms with Gasteiger partial charge in [-0.25, -0.2) is 0 Å². The number of nitrogens with one attached hydrogen (secondary N) is 1. The summed E-state index contributed by atoms with van der Waals surface area (Å²) in [6.45, 7) is 0. The molecule has 1 aromatic heterocycles. The molecule has 0 fully saturated rings. The van der Waals surface area contributed by atoms with E-state index in [0.29, 0.717) is 6.04 Å². The fraction of sp³-hybridized carbons (Fsp3) is 0.222. The van der Waals surface area contributed by atoms with E-state index in [9.17, 15) is 0 Å². The van der Waals surface area contributed by atoms with Crippen molar-refractivity contribution in [1.82, 2.24) is 5.32 Å². The van der Waals surface area contributed by atoms with Crippen LogP contribution in [0.2, 0.25) is 0 Å². The molecule has 1 heterocycles. The van der Waals surface area contributed by atoms with E-state index >= 15 is 0 Å². The van der Waals surface area contributed by atoms with Crippen molar-refractivity contribution in [3.8, 4) is 0 Å². The summed E-state index contributed by atoms with van der Waals surface area (Å²) < 4.78 is 1.21. The van der Waals surface area contributed by atoms with Gasteiger partial charge >= 0.3 is 0 Å². The minimum atomic E-state index is 0.469. The van der Waals surface area contributed by atoms with Crippen molar-refractivity contribution in [3.05, 3.63) is 68.8 Å². The van der Waals surface area contributed by atoms with E-state index in [2.05, 4.69) is 75.8 Å². The van der Waals surface area contributed by atoms with Gasteiger partial charge in [-0.2, -0.15) is 0 Å². The molecule has 1 atom stereocenters. The van der Waals surface area contributed by atoms with Gasteiger partial charge in [0.25, 0.3) is 0 Å². The maximum atomic E-state index is 3.54. The van der Waals surface area contributed by atoms with E-state index < -0.39 is 0 Å². The summed E-state index contributed by atoms with van der Waals surface area (Å²) in [6.07, 6.45) is 2.12. The van der Waals surface area contributed by atoms with Crippen LogP contribution in [0.1, 0.15) is 10.4 Å². The minimum absolute atomic E-state index is 0.469. The highest BCUT2D eigenvalue weighted by Crippen LogP contribution is 2.24. The van der Waals surface area contributed by atoms with E-state index in [1.165, 1.54) is 25.0 Å². The molecule has 1 unspecified atom stereocenters. The zero-order valence-electron chi connectivity index (χ0n) is 12.0. The third kappa shape index (κ3) is 3.73. The third-order valence-corrected chi connectivity index (χ3v) is 5.43. The predicted octanol–water partition coefficient (Wildman–Crippen LogP) is 5.04. The van der Waals surface area contributed by atoms with Crippen molar-refractivity contribution >= 4 is 38.0 Å². The fourth-order valence-electron chi connectivity index (χ4n) is 2.63. The molecule has 3 aromatic rings. The van der Waals surface area contributed by atoms with E-state index in [0.717, 1.165) is 12.8 Å². The van der Waals surface area contributed by atoms with Crippen molar-refractivity contribution in [1.29, 1.82) is 0 Å². The average molecular weight is 360 g/mol. The SMILES string of the molecule is CNC(Cc1ccc2ccccc2c1)Cc1ccc(Br)s1. The lowest BCUT2D eigenvalue weighted by atomic mass is 10.00. The Hall–Kier alpha value is -1.16. The highest BCUT2D eigenvalue weighted by atomic mass is 79.9. The molecular weight excluding hydrogens is 342 g/mol. The summed E-state index contributed by atoms with van der Waals surface area (Å²) in [5.74, 6) is 0. The molecule has 0 aliphatic rings. The van der Waals surface area contributed by atoms with Crippen LogP contribution in [-0.2, 0) is 12.8 Å². The molecule has 0 spiro atoms. The molecule has 2 aromatic carbocycles. The Kier molecular flexibility index (Phi) is 4.73. The summed E-state index contributed by atoms with van der Waals surface area (Å²) >= 11 is 5.36. The summed E-state index contributed by atoms with van der Waals surface area (Å²) in [4.78, 5) is 1.42. The Labute approximate surface area is 138 Å². The van der Waals surface area contributed by atoms with Gasteiger partial charge in [0.15, 0.2) is 0 Å². The maximum absolute atomic E-state index is 3.54. The third-order valence-electron chi connectivity index (χ3n) is 3.78. The Bertz CT molecular complexity index is 735. The molecule has 0 saturated carbocycles. The van der Waals surface area contributed by atoms with Crippen LogP contribution in [0.4, 0.5) is 0 Å². The van der Waals surface area contributed by atoms with E-state index in [1.54, 1.807) is 0 Å². The van der Waals surface area contributed by atoms with Gasteiger partial charge in [-0.05, 0) is 64.3 Å². The first-order valence-corrected chi connectivity index (χ1v) is 8.75. The normalized spacial score (nSPS) is 12.7. The first-order valence-electron chi connectivity index (χ1n) is 7.14. The van der Waals surface area contributed by atoms with Gasteiger partial charge in [-0.3, -0.25) is 0 Å². The smallest absolute Gasteiger partial charge is 0.0701 e. The zero-order chi connectivity index (χ0) is 14.7. The quantitative estimate of drug-likeness (QED) is 0.672. The number of hydrogen-bond acceptors (Lipinski definition) is 2. The lowest BCUT2D eigenvalue weighted by molar-refractivity contribution is 0.560. The lowest BCUT2D eigenvalue weighted by Gasteiger charge is -2.15. The summed E-state index contributed by atoms with van der Waals surface area (Å²) in [5, 5.41) is 6.08. The van der Waals surface area contributed by atoms with Gasteiger partial charge in [0.05, 0.1) is 3.79 Å². The number of halogens is 1. The van der Waals surface area contributed by atoms with Gasteiger partial charge in [-0.15, -0.1) is 11.3 Å². The number of benzene rings is 2. The van der Waals surface area contributed by atoms with Crippen LogP contribution in [0.3, 0.4) is 0 Å². The molecule has 21 heavy (non-hydrogen) atoms. The van der Waals surface area contributed by atoms with Crippen LogP contribution in [0.25, 0.3) is 10.8 Å². The molecule has 1 N–H and O–H groups in total. The molecule has 3 heteroatoms. The van der Waals surface area contributed by atoms with Crippen LogP contribution < -0.4 is 5.32 Å². The number of fused-ring (bicyclic) bond motifs is 1. The molecule has 1 nitrogen and oxygen atoms in total. The Balaban J connectivity index is 1.75. The second-order valence-electron chi connectivity index (χ2n) is 5.28. The first kappa shape index (κ1) is 14.8. The largest absolute Gasteiger partial charge is 0.316 e. The Morgan fingerprint density at radius 1 is 1.00 bits per heavy atom. The van der Waals surface area contributed by atoms with Gasteiger partial charge in [0.1, 0.15) is 0 Å². The number of rotatable bonds is 5. The molecule has 0 aliphatic carbocycles. The molecule has 0 aliphatic heterocycles. The number of thiophene rings is 1. The summed E-state index contributed by atoms with van der Waals surface area (Å²) in [7, 11) is 2.05. The minimum Gasteiger partial charge on any atom is -0.316 e. The van der Waals surface area contributed by atoms with Crippen molar-refractivity contribution in [2.24, 2.45) is 0 Å². The zero-order valence-corrected chi connectivity index (χ0v) is 14.4. The highest BCUT2D eigenvalue weighted by molar-refractivity contribution is 9.11. The molecule has 0 amide bonds. The van der Waals surface area contributed by atoms with E-state index in [-0.39, 0.29) is 0 Å².